The molecule has 19 heavy (non-hydrogen) atoms. The van der Waals surface area contributed by atoms with Crippen LogP contribution in [0.15, 0.2) is 41.1 Å². The summed E-state index contributed by atoms with van der Waals surface area (Å²) in [5.41, 5.74) is 0.805. The number of amides is 2. The minimum absolute atomic E-state index is 0.224. The van der Waals surface area contributed by atoms with Gasteiger partial charge >= 0.3 is 12.0 Å². The van der Waals surface area contributed by atoms with Crippen LogP contribution < -0.4 is 10.6 Å². The van der Waals surface area contributed by atoms with Gasteiger partial charge in [0.15, 0.2) is 0 Å². The number of rotatable bonds is 3. The molecule has 0 unspecified atom stereocenters. The van der Waals surface area contributed by atoms with E-state index < -0.39 is 12.0 Å². The number of benzene rings is 1. The molecule has 1 aromatic carbocycles. The lowest BCUT2D eigenvalue weighted by Gasteiger charge is -2.06. The van der Waals surface area contributed by atoms with Gasteiger partial charge in [-0.05, 0) is 18.2 Å². The van der Waals surface area contributed by atoms with E-state index in [1.165, 1.54) is 25.4 Å². The van der Waals surface area contributed by atoms with Crippen LogP contribution in [0.5, 0.6) is 0 Å². The van der Waals surface area contributed by atoms with Crippen molar-refractivity contribution in [2.45, 2.75) is 0 Å². The number of ether oxygens (including phenoxy) is 1. The fourth-order valence-corrected chi connectivity index (χ4v) is 1.40. The lowest BCUT2D eigenvalue weighted by atomic mass is 10.2. The third kappa shape index (κ3) is 3.32. The molecule has 2 N–H and O–H groups in total. The Hall–Kier alpha value is -2.83. The Balaban J connectivity index is 2.02. The highest BCUT2D eigenvalue weighted by molar-refractivity contribution is 6.00. The minimum Gasteiger partial charge on any atom is -0.465 e. The number of carbonyl (C=O) groups excluding carboxylic acids is 2. The predicted molar refractivity (Wildman–Crippen MR) is 66.9 cm³/mol. The molecule has 7 heteroatoms. The van der Waals surface area contributed by atoms with E-state index in [-0.39, 0.29) is 5.88 Å². The highest BCUT2D eigenvalue weighted by Gasteiger charge is 2.08. The monoisotopic (exact) mass is 261 g/mol. The van der Waals surface area contributed by atoms with Gasteiger partial charge in [-0.2, -0.15) is 0 Å². The van der Waals surface area contributed by atoms with Gasteiger partial charge < -0.3 is 14.6 Å². The molecule has 2 rings (SSSR count). The van der Waals surface area contributed by atoms with Crippen LogP contribution in [0.25, 0.3) is 0 Å². The first kappa shape index (κ1) is 12.6. The van der Waals surface area contributed by atoms with Crippen LogP contribution in [0.2, 0.25) is 0 Å². The van der Waals surface area contributed by atoms with E-state index in [1.54, 1.807) is 18.2 Å². The van der Waals surface area contributed by atoms with Crippen LogP contribution in [0, 0.1) is 0 Å². The summed E-state index contributed by atoms with van der Waals surface area (Å²) in [6, 6.07) is 7.38. The SMILES string of the molecule is COC(=O)c1cccc(NC(=O)Nc2ccno2)c1. The number of hydrogen-bond acceptors (Lipinski definition) is 5. The number of methoxy groups -OCH3 is 1. The first-order chi connectivity index (χ1) is 9.19. The van der Waals surface area contributed by atoms with Gasteiger partial charge in [0.2, 0.25) is 5.88 Å². The number of nitrogens with one attached hydrogen (secondary N) is 2. The van der Waals surface area contributed by atoms with Crippen molar-refractivity contribution in [1.82, 2.24) is 5.16 Å². The third-order valence-electron chi connectivity index (χ3n) is 2.22. The summed E-state index contributed by atoms with van der Waals surface area (Å²) in [7, 11) is 1.29. The van der Waals surface area contributed by atoms with Crippen LogP contribution in [0.1, 0.15) is 10.4 Å². The highest BCUT2D eigenvalue weighted by Crippen LogP contribution is 2.12. The Kier molecular flexibility index (Phi) is 3.77. The first-order valence-electron chi connectivity index (χ1n) is 5.36. The number of aromatic nitrogens is 1. The molecule has 0 spiro atoms. The molecule has 0 fully saturated rings. The minimum atomic E-state index is -0.501. The number of urea groups is 1. The molecule has 2 amide bonds. The normalized spacial score (nSPS) is 9.74. The highest BCUT2D eigenvalue weighted by atomic mass is 16.5. The molecule has 2 aromatic rings. The summed E-state index contributed by atoms with van der Waals surface area (Å²) in [5.74, 6) is -0.249. The summed E-state index contributed by atoms with van der Waals surface area (Å²) in [6.07, 6.45) is 1.41. The van der Waals surface area contributed by atoms with Crippen LogP contribution in [0.3, 0.4) is 0 Å². The van der Waals surface area contributed by atoms with Gasteiger partial charge in [0.05, 0.1) is 18.9 Å². The van der Waals surface area contributed by atoms with Crippen molar-refractivity contribution in [2.75, 3.05) is 17.7 Å². The molecule has 0 saturated heterocycles. The summed E-state index contributed by atoms with van der Waals surface area (Å²) in [6.45, 7) is 0. The van der Waals surface area contributed by atoms with E-state index in [9.17, 15) is 9.59 Å². The van der Waals surface area contributed by atoms with Crippen molar-refractivity contribution in [2.24, 2.45) is 0 Å². The van der Waals surface area contributed by atoms with Crippen molar-refractivity contribution in [1.29, 1.82) is 0 Å². The molecule has 0 atom stereocenters. The molecule has 0 radical (unpaired) electrons. The zero-order valence-electron chi connectivity index (χ0n) is 10.0. The lowest BCUT2D eigenvalue weighted by molar-refractivity contribution is 0.0600. The Morgan fingerprint density at radius 1 is 1.26 bits per heavy atom. The summed E-state index contributed by atoms with van der Waals surface area (Å²) >= 11 is 0. The number of carbonyl (C=O) groups is 2. The van der Waals surface area contributed by atoms with Crippen LogP contribution in [-0.2, 0) is 4.74 Å². The predicted octanol–water partition coefficient (Wildman–Crippen LogP) is 2.11. The molecule has 0 saturated carbocycles. The molecule has 0 aliphatic rings. The van der Waals surface area contributed by atoms with Crippen molar-refractivity contribution in [3.8, 4) is 0 Å². The number of esters is 1. The van der Waals surface area contributed by atoms with Crippen molar-refractivity contribution in [3.05, 3.63) is 42.1 Å². The van der Waals surface area contributed by atoms with Gasteiger partial charge in [-0.3, -0.25) is 5.32 Å². The Morgan fingerprint density at radius 2 is 2.11 bits per heavy atom. The van der Waals surface area contributed by atoms with E-state index >= 15 is 0 Å². The molecule has 0 aliphatic carbocycles. The van der Waals surface area contributed by atoms with E-state index in [4.69, 9.17) is 4.52 Å². The fourth-order valence-electron chi connectivity index (χ4n) is 1.40. The van der Waals surface area contributed by atoms with Crippen molar-refractivity contribution < 1.29 is 18.8 Å². The molecule has 1 aromatic heterocycles. The van der Waals surface area contributed by atoms with Gasteiger partial charge in [0.25, 0.3) is 0 Å². The topological polar surface area (TPSA) is 93.5 Å². The molecule has 98 valence electrons. The molecule has 0 bridgehead atoms. The maximum atomic E-state index is 11.6. The molecule has 7 nitrogen and oxygen atoms in total. The summed E-state index contributed by atoms with van der Waals surface area (Å²) < 4.78 is 9.32. The molecular formula is C12H11N3O4. The zero-order chi connectivity index (χ0) is 13.7. The third-order valence-corrected chi connectivity index (χ3v) is 2.22. The average molecular weight is 261 g/mol. The number of nitrogens with zero attached hydrogens (tertiary/aromatic N) is 1. The second-order valence-electron chi connectivity index (χ2n) is 3.53. The molecule has 1 heterocycles. The van der Waals surface area contributed by atoms with Gasteiger partial charge in [-0.25, -0.2) is 9.59 Å². The second kappa shape index (κ2) is 5.67. The van der Waals surface area contributed by atoms with E-state index in [1.807, 2.05) is 0 Å². The Labute approximate surface area is 108 Å². The number of anilines is 2. The summed E-state index contributed by atoms with van der Waals surface area (Å²) in [5, 5.41) is 8.44. The van der Waals surface area contributed by atoms with Gasteiger partial charge in [0, 0.05) is 11.8 Å². The van der Waals surface area contributed by atoms with E-state index in [0.717, 1.165) is 0 Å². The van der Waals surface area contributed by atoms with Crippen LogP contribution >= 0.6 is 0 Å². The largest absolute Gasteiger partial charge is 0.465 e. The quantitative estimate of drug-likeness (QED) is 0.825. The van der Waals surface area contributed by atoms with Crippen molar-refractivity contribution in [3.63, 3.8) is 0 Å². The van der Waals surface area contributed by atoms with Crippen LogP contribution in [0.4, 0.5) is 16.4 Å². The van der Waals surface area contributed by atoms with Gasteiger partial charge in [0.1, 0.15) is 0 Å². The fraction of sp³-hybridized carbons (Fsp3) is 0.0833. The van der Waals surface area contributed by atoms with Gasteiger partial charge in [-0.15, -0.1) is 0 Å². The van der Waals surface area contributed by atoms with Crippen LogP contribution in [-0.4, -0.2) is 24.3 Å². The number of hydrogen-bond donors (Lipinski definition) is 2. The smallest absolute Gasteiger partial charge is 0.337 e. The average Bonchev–Trinajstić information content (AvgIpc) is 2.90. The maximum absolute atomic E-state index is 11.6. The van der Waals surface area contributed by atoms with Gasteiger partial charge in [-0.1, -0.05) is 11.2 Å². The van der Waals surface area contributed by atoms with E-state index in [2.05, 4.69) is 20.5 Å². The lowest BCUT2D eigenvalue weighted by Crippen LogP contribution is -2.19. The van der Waals surface area contributed by atoms with E-state index in [0.29, 0.717) is 11.3 Å². The maximum Gasteiger partial charge on any atom is 0.337 e. The summed E-state index contributed by atoms with van der Waals surface area (Å²) in [4.78, 5) is 22.9. The Bertz CT molecular complexity index is 580. The second-order valence-corrected chi connectivity index (χ2v) is 3.53. The molecule has 0 aliphatic heterocycles. The first-order valence-corrected chi connectivity index (χ1v) is 5.36. The standard InChI is InChI=1S/C12H11N3O4/c1-18-11(16)8-3-2-4-9(7-8)14-12(17)15-10-5-6-13-19-10/h2-7H,1H3,(H2,14,15,17). The molecular weight excluding hydrogens is 250 g/mol. The Morgan fingerprint density at radius 3 is 2.79 bits per heavy atom. The zero-order valence-corrected chi connectivity index (χ0v) is 10.0. The van der Waals surface area contributed by atoms with Crippen molar-refractivity contribution >= 4 is 23.6 Å².